The fraction of sp³-hybridized carbons (Fsp3) is 0.250. The largest absolute Gasteiger partial charge is 0.326 e. The number of aryl methyl sites for hydroxylation is 1. The van der Waals surface area contributed by atoms with E-state index < -0.39 is 0 Å². The van der Waals surface area contributed by atoms with Crippen molar-refractivity contribution in [2.75, 3.05) is 0 Å². The average molecular weight is 135 g/mol. The summed E-state index contributed by atoms with van der Waals surface area (Å²) in [5.41, 5.74) is 6.52. The summed E-state index contributed by atoms with van der Waals surface area (Å²) in [5, 5.41) is 0. The van der Waals surface area contributed by atoms with E-state index in [1.54, 1.807) is 18.9 Å². The standard InChI is InChI=1S/C8H11N2/c9-5-1-2-8-3-6-10-7-4-8/h3-7H,1-2,9H2. The number of nitrogens with two attached hydrogens (primary N) is 1. The van der Waals surface area contributed by atoms with Crippen LogP contribution in [0.2, 0.25) is 0 Å². The molecule has 53 valence electrons. The smallest absolute Gasteiger partial charge is 0.0270 e. The number of aromatic nitrogens is 1. The van der Waals surface area contributed by atoms with Gasteiger partial charge in [0.2, 0.25) is 0 Å². The molecule has 2 heteroatoms. The van der Waals surface area contributed by atoms with Crippen molar-refractivity contribution in [1.29, 1.82) is 0 Å². The Bertz CT molecular complexity index is 172. The van der Waals surface area contributed by atoms with Gasteiger partial charge >= 0.3 is 0 Å². The van der Waals surface area contributed by atoms with Crippen LogP contribution in [0.5, 0.6) is 0 Å². The van der Waals surface area contributed by atoms with Gasteiger partial charge < -0.3 is 5.73 Å². The Balaban J connectivity index is 2.43. The maximum Gasteiger partial charge on any atom is 0.0270 e. The minimum atomic E-state index is 0.935. The van der Waals surface area contributed by atoms with E-state index in [9.17, 15) is 0 Å². The summed E-state index contributed by atoms with van der Waals surface area (Å²) in [6.45, 7) is 1.68. The average Bonchev–Trinajstić information content (AvgIpc) is 2.03. The summed E-state index contributed by atoms with van der Waals surface area (Å²) in [7, 11) is 0. The maximum atomic E-state index is 5.24. The number of rotatable bonds is 3. The zero-order chi connectivity index (χ0) is 7.23. The molecule has 1 rings (SSSR count). The van der Waals surface area contributed by atoms with E-state index >= 15 is 0 Å². The van der Waals surface area contributed by atoms with E-state index in [0.29, 0.717) is 0 Å². The lowest BCUT2D eigenvalue weighted by molar-refractivity contribution is 0.918. The molecule has 0 aliphatic rings. The predicted molar refractivity (Wildman–Crippen MR) is 41.0 cm³/mol. The molecule has 0 unspecified atom stereocenters. The molecule has 0 saturated heterocycles. The van der Waals surface area contributed by atoms with Crippen molar-refractivity contribution in [3.63, 3.8) is 0 Å². The van der Waals surface area contributed by atoms with E-state index in [1.165, 1.54) is 5.56 Å². The molecule has 10 heavy (non-hydrogen) atoms. The van der Waals surface area contributed by atoms with Gasteiger partial charge in [0.1, 0.15) is 0 Å². The van der Waals surface area contributed by atoms with Crippen LogP contribution in [-0.4, -0.2) is 4.98 Å². The summed E-state index contributed by atoms with van der Waals surface area (Å²) in [6.07, 6.45) is 5.54. The van der Waals surface area contributed by atoms with E-state index in [2.05, 4.69) is 4.98 Å². The fourth-order valence-electron chi connectivity index (χ4n) is 0.799. The monoisotopic (exact) mass is 135 g/mol. The third kappa shape index (κ3) is 2.15. The van der Waals surface area contributed by atoms with Crippen molar-refractivity contribution < 1.29 is 0 Å². The van der Waals surface area contributed by atoms with Gasteiger partial charge in [0.15, 0.2) is 0 Å². The third-order valence-corrected chi connectivity index (χ3v) is 1.35. The zero-order valence-electron chi connectivity index (χ0n) is 5.83. The second kappa shape index (κ2) is 4.01. The van der Waals surface area contributed by atoms with Crippen molar-refractivity contribution in [1.82, 2.24) is 4.98 Å². The molecule has 0 aromatic carbocycles. The molecule has 0 saturated carbocycles. The van der Waals surface area contributed by atoms with Crippen LogP contribution in [0.15, 0.2) is 24.5 Å². The van der Waals surface area contributed by atoms with Gasteiger partial charge in [-0.3, -0.25) is 4.98 Å². The number of pyridine rings is 1. The second-order valence-electron chi connectivity index (χ2n) is 2.13. The lowest BCUT2D eigenvalue weighted by Crippen LogP contribution is -1.92. The minimum Gasteiger partial charge on any atom is -0.326 e. The molecule has 0 bridgehead atoms. The Morgan fingerprint density at radius 1 is 1.40 bits per heavy atom. The highest BCUT2D eigenvalue weighted by atomic mass is 14.6. The van der Waals surface area contributed by atoms with E-state index in [1.807, 2.05) is 12.1 Å². The van der Waals surface area contributed by atoms with Gasteiger partial charge in [0, 0.05) is 18.9 Å². The van der Waals surface area contributed by atoms with Crippen molar-refractivity contribution in [3.05, 3.63) is 36.6 Å². The molecule has 0 amide bonds. The Kier molecular flexibility index (Phi) is 2.90. The van der Waals surface area contributed by atoms with Crippen LogP contribution in [0.4, 0.5) is 0 Å². The lowest BCUT2D eigenvalue weighted by Gasteiger charge is -1.95. The first-order valence-electron chi connectivity index (χ1n) is 3.36. The van der Waals surface area contributed by atoms with Gasteiger partial charge in [-0.15, -0.1) is 0 Å². The molecule has 0 aliphatic carbocycles. The van der Waals surface area contributed by atoms with Gasteiger partial charge in [0.25, 0.3) is 0 Å². The Hall–Kier alpha value is -0.890. The van der Waals surface area contributed by atoms with Crippen LogP contribution in [-0.2, 0) is 6.42 Å². The first-order chi connectivity index (χ1) is 4.93. The van der Waals surface area contributed by atoms with Crippen molar-refractivity contribution in [2.45, 2.75) is 12.8 Å². The molecular formula is C8H11N2. The predicted octanol–water partition coefficient (Wildman–Crippen LogP) is 1.13. The molecule has 0 spiro atoms. The van der Waals surface area contributed by atoms with E-state index in [0.717, 1.165) is 12.8 Å². The normalized spacial score (nSPS) is 9.70. The first kappa shape index (κ1) is 7.22. The van der Waals surface area contributed by atoms with Gasteiger partial charge in [-0.1, -0.05) is 0 Å². The maximum absolute atomic E-state index is 5.24. The molecular weight excluding hydrogens is 124 g/mol. The molecule has 2 N–H and O–H groups in total. The third-order valence-electron chi connectivity index (χ3n) is 1.35. The molecule has 1 radical (unpaired) electrons. The van der Waals surface area contributed by atoms with Gasteiger partial charge in [-0.25, -0.2) is 0 Å². The Labute approximate surface area is 61.1 Å². The van der Waals surface area contributed by atoms with Crippen LogP contribution < -0.4 is 5.73 Å². The number of hydrogen-bond acceptors (Lipinski definition) is 2. The van der Waals surface area contributed by atoms with Gasteiger partial charge in [-0.05, 0) is 30.5 Å². The highest BCUT2D eigenvalue weighted by Crippen LogP contribution is 1.99. The van der Waals surface area contributed by atoms with Crippen LogP contribution in [0.25, 0.3) is 0 Å². The quantitative estimate of drug-likeness (QED) is 0.674. The van der Waals surface area contributed by atoms with Crippen LogP contribution in [0.3, 0.4) is 0 Å². The van der Waals surface area contributed by atoms with E-state index in [4.69, 9.17) is 5.73 Å². The van der Waals surface area contributed by atoms with E-state index in [-0.39, 0.29) is 0 Å². The van der Waals surface area contributed by atoms with Gasteiger partial charge in [0.05, 0.1) is 0 Å². The summed E-state index contributed by atoms with van der Waals surface area (Å²) in [6, 6.07) is 4.01. The second-order valence-corrected chi connectivity index (χ2v) is 2.13. The molecule has 2 nitrogen and oxygen atoms in total. The molecule has 0 atom stereocenters. The van der Waals surface area contributed by atoms with Gasteiger partial charge in [-0.2, -0.15) is 0 Å². The Morgan fingerprint density at radius 3 is 2.70 bits per heavy atom. The molecule has 1 aromatic heterocycles. The van der Waals surface area contributed by atoms with Crippen molar-refractivity contribution >= 4 is 0 Å². The first-order valence-corrected chi connectivity index (χ1v) is 3.36. The summed E-state index contributed by atoms with van der Waals surface area (Å²) >= 11 is 0. The highest BCUT2D eigenvalue weighted by molar-refractivity contribution is 5.09. The molecule has 0 fully saturated rings. The number of nitrogens with zero attached hydrogens (tertiary/aromatic N) is 1. The topological polar surface area (TPSA) is 38.9 Å². The van der Waals surface area contributed by atoms with Crippen molar-refractivity contribution in [2.24, 2.45) is 5.73 Å². The molecule has 1 aromatic rings. The molecule has 0 aliphatic heterocycles. The SMILES string of the molecule is N[CH]CCc1ccncc1. The van der Waals surface area contributed by atoms with Crippen molar-refractivity contribution in [3.8, 4) is 0 Å². The van der Waals surface area contributed by atoms with Crippen LogP contribution in [0.1, 0.15) is 12.0 Å². The molecule has 1 heterocycles. The zero-order valence-corrected chi connectivity index (χ0v) is 5.83. The fourth-order valence-corrected chi connectivity index (χ4v) is 0.799. The van der Waals surface area contributed by atoms with Crippen LogP contribution >= 0.6 is 0 Å². The minimum absolute atomic E-state index is 0.935. The lowest BCUT2D eigenvalue weighted by atomic mass is 10.1. The summed E-state index contributed by atoms with van der Waals surface area (Å²) in [4.78, 5) is 3.91. The van der Waals surface area contributed by atoms with Crippen LogP contribution in [0, 0.1) is 6.54 Å². The Morgan fingerprint density at radius 2 is 2.10 bits per heavy atom. The summed E-state index contributed by atoms with van der Waals surface area (Å²) in [5.74, 6) is 0. The number of hydrogen-bond donors (Lipinski definition) is 1. The highest BCUT2D eigenvalue weighted by Gasteiger charge is 1.88. The summed E-state index contributed by atoms with van der Waals surface area (Å²) < 4.78 is 0.